The third kappa shape index (κ3) is 5.08. The van der Waals surface area contributed by atoms with Crippen LogP contribution in [0.2, 0.25) is 5.02 Å². The molecule has 0 heterocycles. The maximum Gasteiger partial charge on any atom is 0.326 e. The first kappa shape index (κ1) is 23.7. The van der Waals surface area contributed by atoms with E-state index in [0.29, 0.717) is 32.2 Å². The molecule has 166 valence electrons. The highest BCUT2D eigenvalue weighted by atomic mass is 79.9. The predicted octanol–water partition coefficient (Wildman–Crippen LogP) is 7.06. The molecule has 2 N–H and O–H groups in total. The summed E-state index contributed by atoms with van der Waals surface area (Å²) in [6, 6.07) is 8.90. The van der Waals surface area contributed by atoms with Crippen molar-refractivity contribution in [2.45, 2.75) is 20.8 Å². The molecule has 0 fully saturated rings. The first-order valence-electron chi connectivity index (χ1n) is 9.38. The van der Waals surface area contributed by atoms with Crippen LogP contribution in [0.3, 0.4) is 0 Å². The summed E-state index contributed by atoms with van der Waals surface area (Å²) in [4.78, 5) is 24.4. The predicted molar refractivity (Wildman–Crippen MR) is 123 cm³/mol. The number of benzene rings is 3. The molecule has 0 saturated heterocycles. The number of carbonyl (C=O) groups is 2. The lowest BCUT2D eigenvalue weighted by Crippen LogP contribution is -2.35. The lowest BCUT2D eigenvalue weighted by atomic mass is 10.0. The fraction of sp³-hybridized carbons (Fsp3) is 0.130. The Hall–Kier alpha value is -2.97. The molecule has 3 rings (SSSR count). The molecule has 0 atom stereocenters. The van der Waals surface area contributed by atoms with E-state index < -0.39 is 29.1 Å². The van der Waals surface area contributed by atoms with E-state index in [2.05, 4.69) is 21.2 Å². The van der Waals surface area contributed by atoms with Gasteiger partial charge >= 0.3 is 6.03 Å². The summed E-state index contributed by atoms with van der Waals surface area (Å²) in [5.74, 6) is -2.14. The number of urea groups is 1. The van der Waals surface area contributed by atoms with Crippen molar-refractivity contribution in [3.63, 3.8) is 0 Å². The molecule has 0 saturated carbocycles. The largest absolute Gasteiger partial charge is 0.456 e. The molecule has 0 aliphatic heterocycles. The summed E-state index contributed by atoms with van der Waals surface area (Å²) in [5, 5.41) is 5.04. The Morgan fingerprint density at radius 2 is 1.66 bits per heavy atom. The summed E-state index contributed by atoms with van der Waals surface area (Å²) in [6.45, 7) is 5.39. The van der Waals surface area contributed by atoms with Gasteiger partial charge in [-0.15, -0.1) is 0 Å². The molecule has 0 bridgehead atoms. The van der Waals surface area contributed by atoms with E-state index in [4.69, 9.17) is 16.3 Å². The smallest absolute Gasteiger partial charge is 0.326 e. The Labute approximate surface area is 196 Å². The molecule has 3 aromatic carbocycles. The van der Waals surface area contributed by atoms with Gasteiger partial charge in [0.05, 0.1) is 4.47 Å². The van der Waals surface area contributed by atoms with E-state index in [1.165, 1.54) is 0 Å². The Morgan fingerprint density at radius 1 is 1.00 bits per heavy atom. The highest BCUT2D eigenvalue weighted by Gasteiger charge is 2.20. The van der Waals surface area contributed by atoms with Gasteiger partial charge in [-0.2, -0.15) is 0 Å². The van der Waals surface area contributed by atoms with Gasteiger partial charge in [0.2, 0.25) is 0 Å². The maximum atomic E-state index is 13.8. The number of ether oxygens (including phenoxy) is 1. The van der Waals surface area contributed by atoms with Crippen molar-refractivity contribution in [1.29, 1.82) is 0 Å². The van der Waals surface area contributed by atoms with Gasteiger partial charge in [0.25, 0.3) is 5.91 Å². The van der Waals surface area contributed by atoms with Gasteiger partial charge in [0.1, 0.15) is 28.7 Å². The maximum absolute atomic E-state index is 13.8. The second-order valence-corrected chi connectivity index (χ2v) is 8.29. The number of aryl methyl sites for hydroxylation is 1. The summed E-state index contributed by atoms with van der Waals surface area (Å²) < 4.78 is 34.3. The molecule has 0 unspecified atom stereocenters. The van der Waals surface area contributed by atoms with Gasteiger partial charge in [0, 0.05) is 10.7 Å². The number of anilines is 1. The van der Waals surface area contributed by atoms with Gasteiger partial charge < -0.3 is 10.1 Å². The second-order valence-electron chi connectivity index (χ2n) is 7.00. The Morgan fingerprint density at radius 3 is 2.28 bits per heavy atom. The molecule has 0 radical (unpaired) electrons. The van der Waals surface area contributed by atoms with Crippen LogP contribution in [0.4, 0.5) is 19.3 Å². The number of hydrogen-bond donors (Lipinski definition) is 2. The van der Waals surface area contributed by atoms with Crippen LogP contribution in [0, 0.1) is 32.4 Å². The van der Waals surface area contributed by atoms with Gasteiger partial charge in [-0.25, -0.2) is 13.6 Å². The first-order valence-corrected chi connectivity index (χ1v) is 10.6. The van der Waals surface area contributed by atoms with E-state index >= 15 is 0 Å². The van der Waals surface area contributed by atoms with Crippen molar-refractivity contribution in [2.75, 3.05) is 5.32 Å². The number of hydrogen-bond acceptors (Lipinski definition) is 3. The Bertz CT molecular complexity index is 1210. The van der Waals surface area contributed by atoms with E-state index in [1.807, 2.05) is 12.2 Å². The van der Waals surface area contributed by atoms with Gasteiger partial charge in [-0.3, -0.25) is 10.1 Å². The fourth-order valence-corrected chi connectivity index (χ4v) is 3.81. The third-order valence-corrected chi connectivity index (χ3v) is 5.65. The molecule has 0 spiro atoms. The van der Waals surface area contributed by atoms with Gasteiger partial charge in [-0.1, -0.05) is 17.7 Å². The Balaban J connectivity index is 1.80. The molecule has 5 nitrogen and oxygen atoms in total. The summed E-state index contributed by atoms with van der Waals surface area (Å²) in [7, 11) is 0. The third-order valence-electron chi connectivity index (χ3n) is 4.80. The topological polar surface area (TPSA) is 67.4 Å². The van der Waals surface area contributed by atoms with Crippen molar-refractivity contribution >= 4 is 45.2 Å². The molecular weight excluding hydrogens is 506 g/mol. The van der Waals surface area contributed by atoms with Crippen LogP contribution in [0.15, 0.2) is 46.9 Å². The molecule has 0 aliphatic rings. The van der Waals surface area contributed by atoms with E-state index in [-0.39, 0.29) is 0 Å². The molecule has 0 aliphatic carbocycles. The summed E-state index contributed by atoms with van der Waals surface area (Å²) in [6.07, 6.45) is 0. The van der Waals surface area contributed by atoms with Crippen LogP contribution in [-0.4, -0.2) is 11.9 Å². The zero-order valence-corrected chi connectivity index (χ0v) is 19.6. The van der Waals surface area contributed by atoms with Crippen LogP contribution in [0.25, 0.3) is 0 Å². The summed E-state index contributed by atoms with van der Waals surface area (Å²) >= 11 is 9.38. The Kier molecular flexibility index (Phi) is 7.16. The quantitative estimate of drug-likeness (QED) is 0.385. The number of nitrogens with one attached hydrogen (secondary N) is 2. The molecule has 0 aromatic heterocycles. The molecule has 3 aromatic rings. The van der Waals surface area contributed by atoms with Crippen molar-refractivity contribution in [2.24, 2.45) is 0 Å². The first-order chi connectivity index (χ1) is 15.1. The zero-order valence-electron chi connectivity index (χ0n) is 17.3. The van der Waals surface area contributed by atoms with E-state index in [0.717, 1.165) is 29.3 Å². The van der Waals surface area contributed by atoms with Crippen LogP contribution in [0.1, 0.15) is 27.0 Å². The highest BCUT2D eigenvalue weighted by molar-refractivity contribution is 9.10. The SMILES string of the molecule is Cc1cc(NC(=O)NC(=O)c2c(F)cccc2F)c(C)c(C)c1Oc1ccc(Cl)cc1Br. The minimum atomic E-state index is -1.18. The van der Waals surface area contributed by atoms with Crippen LogP contribution < -0.4 is 15.4 Å². The van der Waals surface area contributed by atoms with Crippen molar-refractivity contribution in [3.8, 4) is 11.5 Å². The molecule has 3 amide bonds. The fourth-order valence-electron chi connectivity index (χ4n) is 3.05. The molecule has 32 heavy (non-hydrogen) atoms. The number of amides is 3. The van der Waals surface area contributed by atoms with E-state index in [9.17, 15) is 18.4 Å². The minimum absolute atomic E-state index is 0.418. The van der Waals surface area contributed by atoms with E-state index in [1.54, 1.807) is 38.1 Å². The minimum Gasteiger partial charge on any atom is -0.456 e. The molecular formula is C23H18BrClF2N2O3. The lowest BCUT2D eigenvalue weighted by Gasteiger charge is -2.18. The second kappa shape index (κ2) is 9.67. The zero-order chi connectivity index (χ0) is 23.6. The van der Waals surface area contributed by atoms with Gasteiger partial charge in [0.15, 0.2) is 0 Å². The normalized spacial score (nSPS) is 10.6. The number of imide groups is 1. The van der Waals surface area contributed by atoms with Crippen LogP contribution in [0.5, 0.6) is 11.5 Å². The standard InChI is InChI=1S/C23H18BrClF2N2O3/c1-11-9-18(28-23(31)29-22(30)20-16(26)5-4-6-17(20)27)12(2)13(3)21(11)32-19-8-7-14(25)10-15(19)24/h4-10H,1-3H3,(H2,28,29,30,31). The monoisotopic (exact) mass is 522 g/mol. The van der Waals surface area contributed by atoms with Crippen molar-refractivity contribution < 1.29 is 23.1 Å². The number of carbonyl (C=O) groups excluding carboxylic acids is 2. The van der Waals surface area contributed by atoms with Crippen molar-refractivity contribution in [3.05, 3.63) is 85.8 Å². The average molecular weight is 524 g/mol. The number of halogens is 4. The van der Waals surface area contributed by atoms with Crippen LogP contribution >= 0.6 is 27.5 Å². The number of rotatable bonds is 4. The lowest BCUT2D eigenvalue weighted by molar-refractivity contribution is 0.0959. The van der Waals surface area contributed by atoms with Gasteiger partial charge in [-0.05, 0) is 89.8 Å². The molecule has 9 heteroatoms. The van der Waals surface area contributed by atoms with Crippen LogP contribution in [-0.2, 0) is 0 Å². The highest BCUT2D eigenvalue weighted by Crippen LogP contribution is 2.38. The average Bonchev–Trinajstić information content (AvgIpc) is 2.70. The summed E-state index contributed by atoms with van der Waals surface area (Å²) in [5.41, 5.74) is 1.76. The van der Waals surface area contributed by atoms with Crippen molar-refractivity contribution in [1.82, 2.24) is 5.32 Å².